The second-order valence-corrected chi connectivity index (χ2v) is 4.62. The number of hydrogen-bond donors (Lipinski definition) is 1. The minimum absolute atomic E-state index is 0.0811. The highest BCUT2D eigenvalue weighted by molar-refractivity contribution is 9.09. The minimum Gasteiger partial charge on any atom is -0.334 e. The van der Waals surface area contributed by atoms with Crippen LogP contribution in [0, 0.1) is 5.92 Å². The second kappa shape index (κ2) is 4.35. The Balaban J connectivity index is 2.14. The SMILES string of the molecule is CC1CCN(C(=O)c2cn[nH]c2)C1CBr. The molecule has 0 spiro atoms. The van der Waals surface area contributed by atoms with E-state index >= 15 is 0 Å². The Morgan fingerprint density at radius 2 is 2.60 bits per heavy atom. The average molecular weight is 272 g/mol. The van der Waals surface area contributed by atoms with E-state index in [-0.39, 0.29) is 5.91 Å². The summed E-state index contributed by atoms with van der Waals surface area (Å²) in [6.45, 7) is 3.04. The van der Waals surface area contributed by atoms with Gasteiger partial charge in [-0.05, 0) is 12.3 Å². The number of rotatable bonds is 2. The van der Waals surface area contributed by atoms with Gasteiger partial charge in [-0.25, -0.2) is 0 Å². The molecule has 1 aliphatic heterocycles. The van der Waals surface area contributed by atoms with E-state index in [2.05, 4.69) is 33.1 Å². The summed E-state index contributed by atoms with van der Waals surface area (Å²) in [4.78, 5) is 14.0. The van der Waals surface area contributed by atoms with Gasteiger partial charge in [0.1, 0.15) is 0 Å². The average Bonchev–Trinajstić information content (AvgIpc) is 2.85. The Morgan fingerprint density at radius 3 is 3.20 bits per heavy atom. The summed E-state index contributed by atoms with van der Waals surface area (Å²) in [6.07, 6.45) is 4.31. The van der Waals surface area contributed by atoms with E-state index in [1.165, 1.54) is 0 Å². The van der Waals surface area contributed by atoms with E-state index in [4.69, 9.17) is 0 Å². The van der Waals surface area contributed by atoms with Gasteiger partial charge in [-0.3, -0.25) is 9.89 Å². The molecule has 82 valence electrons. The number of H-pyrrole nitrogens is 1. The molecule has 1 N–H and O–H groups in total. The number of carbonyl (C=O) groups excluding carboxylic acids is 1. The van der Waals surface area contributed by atoms with Gasteiger partial charge in [0.15, 0.2) is 0 Å². The lowest BCUT2D eigenvalue weighted by molar-refractivity contribution is 0.0739. The van der Waals surface area contributed by atoms with Crippen LogP contribution in [0.25, 0.3) is 0 Å². The number of hydrogen-bond acceptors (Lipinski definition) is 2. The van der Waals surface area contributed by atoms with Gasteiger partial charge in [0.05, 0.1) is 11.8 Å². The van der Waals surface area contributed by atoms with Gasteiger partial charge in [0, 0.05) is 24.1 Å². The topological polar surface area (TPSA) is 49.0 Å². The zero-order chi connectivity index (χ0) is 10.8. The van der Waals surface area contributed by atoms with Crippen LogP contribution in [-0.4, -0.2) is 38.9 Å². The first-order chi connectivity index (χ1) is 7.24. The fourth-order valence-electron chi connectivity index (χ4n) is 2.03. The largest absolute Gasteiger partial charge is 0.334 e. The fraction of sp³-hybridized carbons (Fsp3) is 0.600. The predicted octanol–water partition coefficient (Wildman–Crippen LogP) is 1.66. The van der Waals surface area contributed by atoms with Crippen LogP contribution in [0.2, 0.25) is 0 Å². The number of aromatic amines is 1. The Morgan fingerprint density at radius 1 is 1.80 bits per heavy atom. The van der Waals surface area contributed by atoms with Crippen molar-refractivity contribution in [2.45, 2.75) is 19.4 Å². The van der Waals surface area contributed by atoms with Crippen LogP contribution in [0.15, 0.2) is 12.4 Å². The van der Waals surface area contributed by atoms with Crippen molar-refractivity contribution in [2.24, 2.45) is 5.92 Å². The van der Waals surface area contributed by atoms with Gasteiger partial charge in [0.25, 0.3) is 5.91 Å². The Kier molecular flexibility index (Phi) is 3.09. The summed E-state index contributed by atoms with van der Waals surface area (Å²) in [6, 6.07) is 0.312. The molecule has 2 atom stereocenters. The molecule has 1 aromatic rings. The maximum Gasteiger partial charge on any atom is 0.257 e. The molecule has 0 aliphatic carbocycles. The Hall–Kier alpha value is -0.840. The molecular weight excluding hydrogens is 258 g/mol. The molecule has 15 heavy (non-hydrogen) atoms. The first kappa shape index (κ1) is 10.7. The van der Waals surface area contributed by atoms with Crippen molar-refractivity contribution in [1.82, 2.24) is 15.1 Å². The summed E-state index contributed by atoms with van der Waals surface area (Å²) in [7, 11) is 0. The monoisotopic (exact) mass is 271 g/mol. The quantitative estimate of drug-likeness (QED) is 0.832. The molecule has 1 aliphatic rings. The van der Waals surface area contributed by atoms with Crippen LogP contribution >= 0.6 is 15.9 Å². The highest BCUT2D eigenvalue weighted by atomic mass is 79.9. The maximum absolute atomic E-state index is 12.1. The molecule has 1 fully saturated rings. The van der Waals surface area contributed by atoms with Crippen molar-refractivity contribution >= 4 is 21.8 Å². The summed E-state index contributed by atoms with van der Waals surface area (Å²) >= 11 is 3.47. The van der Waals surface area contributed by atoms with Crippen molar-refractivity contribution < 1.29 is 4.79 Å². The third-order valence-electron chi connectivity index (χ3n) is 3.05. The van der Waals surface area contributed by atoms with Gasteiger partial charge >= 0.3 is 0 Å². The Labute approximate surface area is 97.2 Å². The van der Waals surface area contributed by atoms with Crippen LogP contribution in [0.3, 0.4) is 0 Å². The second-order valence-electron chi connectivity index (χ2n) is 3.97. The number of halogens is 1. The van der Waals surface area contributed by atoms with E-state index < -0.39 is 0 Å². The van der Waals surface area contributed by atoms with Gasteiger partial charge in [-0.15, -0.1) is 0 Å². The van der Waals surface area contributed by atoms with Crippen molar-refractivity contribution in [3.63, 3.8) is 0 Å². The molecule has 4 nitrogen and oxygen atoms in total. The molecule has 2 unspecified atom stereocenters. The van der Waals surface area contributed by atoms with Crippen LogP contribution in [0.4, 0.5) is 0 Å². The number of aromatic nitrogens is 2. The molecule has 1 amide bonds. The van der Waals surface area contributed by atoms with Crippen molar-refractivity contribution in [1.29, 1.82) is 0 Å². The van der Waals surface area contributed by atoms with E-state index in [1.54, 1.807) is 12.4 Å². The van der Waals surface area contributed by atoms with Crippen LogP contribution in [-0.2, 0) is 0 Å². The molecule has 0 bridgehead atoms. The molecule has 1 saturated heterocycles. The van der Waals surface area contributed by atoms with E-state index in [1.807, 2.05) is 4.90 Å². The zero-order valence-electron chi connectivity index (χ0n) is 8.61. The first-order valence-electron chi connectivity index (χ1n) is 5.09. The number of likely N-dealkylation sites (tertiary alicyclic amines) is 1. The zero-order valence-corrected chi connectivity index (χ0v) is 10.2. The van der Waals surface area contributed by atoms with Crippen molar-refractivity contribution in [3.8, 4) is 0 Å². The fourth-order valence-corrected chi connectivity index (χ4v) is 3.02. The van der Waals surface area contributed by atoms with E-state index in [0.717, 1.165) is 18.3 Å². The third-order valence-corrected chi connectivity index (χ3v) is 3.71. The lowest BCUT2D eigenvalue weighted by Gasteiger charge is -2.24. The number of alkyl halides is 1. The maximum atomic E-state index is 12.1. The molecule has 1 aromatic heterocycles. The third kappa shape index (κ3) is 1.93. The summed E-state index contributed by atoms with van der Waals surface area (Å²) in [5, 5.41) is 7.31. The van der Waals surface area contributed by atoms with Crippen molar-refractivity contribution in [2.75, 3.05) is 11.9 Å². The first-order valence-corrected chi connectivity index (χ1v) is 6.22. The number of nitrogens with zero attached hydrogens (tertiary/aromatic N) is 2. The normalized spacial score (nSPS) is 25.9. The van der Waals surface area contributed by atoms with Gasteiger partial charge < -0.3 is 4.90 Å². The lowest BCUT2D eigenvalue weighted by atomic mass is 10.1. The van der Waals surface area contributed by atoms with E-state index in [0.29, 0.717) is 17.5 Å². The minimum atomic E-state index is 0.0811. The molecule has 5 heteroatoms. The smallest absolute Gasteiger partial charge is 0.257 e. The van der Waals surface area contributed by atoms with Crippen molar-refractivity contribution in [3.05, 3.63) is 18.0 Å². The lowest BCUT2D eigenvalue weighted by Crippen LogP contribution is -2.38. The van der Waals surface area contributed by atoms with Crippen LogP contribution in [0.1, 0.15) is 23.7 Å². The highest BCUT2D eigenvalue weighted by Gasteiger charge is 2.34. The van der Waals surface area contributed by atoms with Gasteiger partial charge in [0.2, 0.25) is 0 Å². The van der Waals surface area contributed by atoms with Gasteiger partial charge in [-0.1, -0.05) is 22.9 Å². The molecule has 0 saturated carbocycles. The summed E-state index contributed by atoms with van der Waals surface area (Å²) in [5.74, 6) is 0.651. The molecule has 0 aromatic carbocycles. The molecule has 2 rings (SSSR count). The van der Waals surface area contributed by atoms with E-state index in [9.17, 15) is 4.79 Å². The molecular formula is C10H14BrN3O. The van der Waals surface area contributed by atoms with Crippen LogP contribution in [0.5, 0.6) is 0 Å². The van der Waals surface area contributed by atoms with Crippen LogP contribution < -0.4 is 0 Å². The Bertz CT molecular complexity index is 338. The van der Waals surface area contributed by atoms with Gasteiger partial charge in [-0.2, -0.15) is 5.10 Å². The summed E-state index contributed by atoms with van der Waals surface area (Å²) < 4.78 is 0. The standard InChI is InChI=1S/C10H14BrN3O/c1-7-2-3-14(9(7)4-11)10(15)8-5-12-13-6-8/h5-7,9H,2-4H2,1H3,(H,12,13). The molecule has 2 heterocycles. The number of amides is 1. The number of nitrogens with one attached hydrogen (secondary N) is 1. The number of carbonyl (C=O) groups is 1. The predicted molar refractivity (Wildman–Crippen MR) is 61.0 cm³/mol. The summed E-state index contributed by atoms with van der Waals surface area (Å²) in [5.41, 5.74) is 0.648. The highest BCUT2D eigenvalue weighted by Crippen LogP contribution is 2.26. The molecule has 0 radical (unpaired) electrons.